The van der Waals surface area contributed by atoms with Crippen LogP contribution in [0.25, 0.3) is 0 Å². The summed E-state index contributed by atoms with van der Waals surface area (Å²) in [6, 6.07) is 16.0. The third-order valence-corrected chi connectivity index (χ3v) is 4.73. The highest BCUT2D eigenvalue weighted by Crippen LogP contribution is 2.16. The molecule has 0 atom stereocenters. The largest absolute Gasteiger partial charge is 0.491 e. The molecule has 24 heavy (non-hydrogen) atoms. The predicted molar refractivity (Wildman–Crippen MR) is 104 cm³/mol. The average Bonchev–Trinajstić information content (AvgIpc) is 2.55. The number of halogens is 1. The van der Waals surface area contributed by atoms with E-state index in [1.54, 1.807) is 11.8 Å². The quantitative estimate of drug-likeness (QED) is 0.683. The monoisotopic (exact) mass is 407 g/mol. The van der Waals surface area contributed by atoms with Crippen molar-refractivity contribution in [2.45, 2.75) is 32.2 Å². The van der Waals surface area contributed by atoms with Crippen molar-refractivity contribution >= 4 is 33.6 Å². The zero-order chi connectivity index (χ0) is 17.4. The minimum absolute atomic E-state index is 0.0552. The van der Waals surface area contributed by atoms with Crippen molar-refractivity contribution < 1.29 is 9.53 Å². The standard InChI is InChI=1S/C19H22BrNO2S/c1-14(2)23-18-9-5-15(6-10-18)11-21-19(22)13-24-12-16-3-7-17(20)8-4-16/h3-10,14H,11-13H2,1-2H3,(H,21,22). The Morgan fingerprint density at radius 3 is 2.33 bits per heavy atom. The van der Waals surface area contributed by atoms with Gasteiger partial charge < -0.3 is 10.1 Å². The number of hydrogen-bond donors (Lipinski definition) is 1. The van der Waals surface area contributed by atoms with Crippen molar-refractivity contribution in [2.75, 3.05) is 5.75 Å². The number of amides is 1. The van der Waals surface area contributed by atoms with Gasteiger partial charge in [-0.15, -0.1) is 11.8 Å². The average molecular weight is 408 g/mol. The molecule has 1 N–H and O–H groups in total. The number of carbonyl (C=O) groups is 1. The van der Waals surface area contributed by atoms with Crippen LogP contribution in [0.3, 0.4) is 0 Å². The summed E-state index contributed by atoms with van der Waals surface area (Å²) in [7, 11) is 0. The van der Waals surface area contributed by atoms with E-state index >= 15 is 0 Å². The van der Waals surface area contributed by atoms with Gasteiger partial charge in [-0.05, 0) is 49.2 Å². The van der Waals surface area contributed by atoms with Crippen LogP contribution in [-0.2, 0) is 17.1 Å². The Bertz CT molecular complexity index is 641. The van der Waals surface area contributed by atoms with E-state index in [-0.39, 0.29) is 12.0 Å². The van der Waals surface area contributed by atoms with Crippen molar-refractivity contribution in [3.8, 4) is 5.75 Å². The summed E-state index contributed by atoms with van der Waals surface area (Å²) in [5, 5.41) is 2.95. The molecule has 0 saturated heterocycles. The zero-order valence-electron chi connectivity index (χ0n) is 13.9. The van der Waals surface area contributed by atoms with Gasteiger partial charge in [-0.2, -0.15) is 0 Å². The second-order valence-electron chi connectivity index (χ2n) is 5.71. The molecule has 128 valence electrons. The summed E-state index contributed by atoms with van der Waals surface area (Å²) in [4.78, 5) is 11.9. The maximum Gasteiger partial charge on any atom is 0.230 e. The molecule has 0 fully saturated rings. The first-order valence-corrected chi connectivity index (χ1v) is 9.82. The van der Waals surface area contributed by atoms with Gasteiger partial charge in [-0.25, -0.2) is 0 Å². The molecule has 0 aromatic heterocycles. The second-order valence-corrected chi connectivity index (χ2v) is 7.61. The third kappa shape index (κ3) is 6.97. The van der Waals surface area contributed by atoms with E-state index in [2.05, 4.69) is 33.4 Å². The maximum absolute atomic E-state index is 11.9. The highest BCUT2D eigenvalue weighted by Gasteiger charge is 2.03. The Labute approximate surface area is 156 Å². The molecule has 0 heterocycles. The number of carbonyl (C=O) groups excluding carboxylic acids is 1. The Balaban J connectivity index is 1.68. The Kier molecular flexibility index (Phi) is 7.66. The summed E-state index contributed by atoms with van der Waals surface area (Å²) in [6.45, 7) is 4.54. The molecule has 0 aliphatic carbocycles. The summed E-state index contributed by atoms with van der Waals surface area (Å²) < 4.78 is 6.67. The minimum atomic E-state index is 0.0552. The van der Waals surface area contributed by atoms with E-state index < -0.39 is 0 Å². The number of benzene rings is 2. The van der Waals surface area contributed by atoms with Gasteiger partial charge in [0.15, 0.2) is 0 Å². The second kappa shape index (κ2) is 9.74. The zero-order valence-corrected chi connectivity index (χ0v) is 16.3. The molecule has 1 amide bonds. The van der Waals surface area contributed by atoms with Gasteiger partial charge in [0.05, 0.1) is 11.9 Å². The molecule has 3 nitrogen and oxygen atoms in total. The fraction of sp³-hybridized carbons (Fsp3) is 0.316. The lowest BCUT2D eigenvalue weighted by molar-refractivity contribution is -0.118. The van der Waals surface area contributed by atoms with Crippen molar-refractivity contribution in [2.24, 2.45) is 0 Å². The smallest absolute Gasteiger partial charge is 0.230 e. The first-order chi connectivity index (χ1) is 11.5. The van der Waals surface area contributed by atoms with Gasteiger partial charge >= 0.3 is 0 Å². The molecule has 0 bridgehead atoms. The molecule has 0 radical (unpaired) electrons. The molecule has 2 rings (SSSR count). The van der Waals surface area contributed by atoms with Gasteiger partial charge in [0.1, 0.15) is 5.75 Å². The maximum atomic E-state index is 11.9. The number of thioether (sulfide) groups is 1. The minimum Gasteiger partial charge on any atom is -0.491 e. The highest BCUT2D eigenvalue weighted by molar-refractivity contribution is 9.10. The Morgan fingerprint density at radius 1 is 1.08 bits per heavy atom. The van der Waals surface area contributed by atoms with Crippen LogP contribution < -0.4 is 10.1 Å². The van der Waals surface area contributed by atoms with Crippen LogP contribution in [0.5, 0.6) is 5.75 Å². The van der Waals surface area contributed by atoms with Gasteiger partial charge in [0.25, 0.3) is 0 Å². The fourth-order valence-electron chi connectivity index (χ4n) is 2.05. The van der Waals surface area contributed by atoms with Crippen molar-refractivity contribution in [1.82, 2.24) is 5.32 Å². The lowest BCUT2D eigenvalue weighted by atomic mass is 10.2. The fourth-order valence-corrected chi connectivity index (χ4v) is 3.13. The van der Waals surface area contributed by atoms with Crippen LogP contribution in [0, 0.1) is 0 Å². The van der Waals surface area contributed by atoms with Crippen LogP contribution in [-0.4, -0.2) is 17.8 Å². The molecule has 0 aliphatic heterocycles. The van der Waals surface area contributed by atoms with E-state index in [0.29, 0.717) is 12.3 Å². The first-order valence-electron chi connectivity index (χ1n) is 7.87. The SMILES string of the molecule is CC(C)Oc1ccc(CNC(=O)CSCc2ccc(Br)cc2)cc1. The van der Waals surface area contributed by atoms with Gasteiger partial charge in [0.2, 0.25) is 5.91 Å². The van der Waals surface area contributed by atoms with Crippen LogP contribution >= 0.6 is 27.7 Å². The summed E-state index contributed by atoms with van der Waals surface area (Å²) in [6.07, 6.45) is 0.165. The number of nitrogens with one attached hydrogen (secondary N) is 1. The summed E-state index contributed by atoms with van der Waals surface area (Å²) >= 11 is 5.03. The molecule has 2 aromatic rings. The molecule has 2 aromatic carbocycles. The van der Waals surface area contributed by atoms with E-state index in [1.165, 1.54) is 5.56 Å². The van der Waals surface area contributed by atoms with Crippen LogP contribution in [0.2, 0.25) is 0 Å². The highest BCUT2D eigenvalue weighted by atomic mass is 79.9. The summed E-state index contributed by atoms with van der Waals surface area (Å²) in [5.41, 5.74) is 2.29. The van der Waals surface area contributed by atoms with Crippen molar-refractivity contribution in [1.29, 1.82) is 0 Å². The van der Waals surface area contributed by atoms with E-state index in [1.807, 2.05) is 50.2 Å². The normalized spacial score (nSPS) is 10.7. The Hall–Kier alpha value is -1.46. The Morgan fingerprint density at radius 2 is 1.71 bits per heavy atom. The van der Waals surface area contributed by atoms with Gasteiger partial charge in [-0.3, -0.25) is 4.79 Å². The van der Waals surface area contributed by atoms with Crippen molar-refractivity contribution in [3.63, 3.8) is 0 Å². The first kappa shape index (κ1) is 18.9. The van der Waals surface area contributed by atoms with E-state index in [0.717, 1.165) is 21.5 Å². The van der Waals surface area contributed by atoms with Crippen molar-refractivity contribution in [3.05, 3.63) is 64.1 Å². The van der Waals surface area contributed by atoms with Crippen LogP contribution in [0.15, 0.2) is 53.0 Å². The lowest BCUT2D eigenvalue weighted by Crippen LogP contribution is -2.24. The molecular formula is C19H22BrNO2S. The summed E-state index contributed by atoms with van der Waals surface area (Å²) in [5.74, 6) is 2.21. The lowest BCUT2D eigenvalue weighted by Gasteiger charge is -2.10. The number of ether oxygens (including phenoxy) is 1. The van der Waals surface area contributed by atoms with E-state index in [4.69, 9.17) is 4.74 Å². The molecular weight excluding hydrogens is 386 g/mol. The predicted octanol–water partition coefficient (Wildman–Crippen LogP) is 4.79. The van der Waals surface area contributed by atoms with Gasteiger partial charge in [-0.1, -0.05) is 40.2 Å². The third-order valence-electron chi connectivity index (χ3n) is 3.20. The van der Waals surface area contributed by atoms with Crippen LogP contribution in [0.1, 0.15) is 25.0 Å². The van der Waals surface area contributed by atoms with Gasteiger partial charge in [0, 0.05) is 16.8 Å². The van der Waals surface area contributed by atoms with E-state index in [9.17, 15) is 4.79 Å². The molecule has 5 heteroatoms. The molecule has 0 aliphatic rings. The molecule has 0 spiro atoms. The molecule has 0 saturated carbocycles. The topological polar surface area (TPSA) is 38.3 Å². The molecule has 0 unspecified atom stereocenters. The van der Waals surface area contributed by atoms with Crippen LogP contribution in [0.4, 0.5) is 0 Å². The number of hydrogen-bond acceptors (Lipinski definition) is 3. The number of rotatable bonds is 8.